The van der Waals surface area contributed by atoms with Crippen molar-refractivity contribution in [3.8, 4) is 5.75 Å². The highest BCUT2D eigenvalue weighted by Crippen LogP contribution is 2.29. The van der Waals surface area contributed by atoms with Crippen LogP contribution in [0.5, 0.6) is 5.75 Å². The lowest BCUT2D eigenvalue weighted by molar-refractivity contribution is -0.137. The minimum Gasteiger partial charge on any atom is -0.481 e. The summed E-state index contributed by atoms with van der Waals surface area (Å²) in [6, 6.07) is 5.60. The monoisotopic (exact) mass is 360 g/mol. The summed E-state index contributed by atoms with van der Waals surface area (Å²) in [7, 11) is 0. The second-order valence-electron chi connectivity index (χ2n) is 6.40. The van der Waals surface area contributed by atoms with Crippen LogP contribution in [0.1, 0.15) is 45.1 Å². The van der Waals surface area contributed by atoms with E-state index in [2.05, 4.69) is 23.7 Å². The first-order valence-corrected chi connectivity index (χ1v) is 9.29. The van der Waals surface area contributed by atoms with Crippen molar-refractivity contribution in [2.24, 2.45) is 0 Å². The number of carboxylic acid groups (broad SMARTS) is 1. The summed E-state index contributed by atoms with van der Waals surface area (Å²) >= 11 is 0. The van der Waals surface area contributed by atoms with E-state index in [1.165, 1.54) is 0 Å². The van der Waals surface area contributed by atoms with Gasteiger partial charge < -0.3 is 19.7 Å². The molecular formula is C20H28N2O4. The topological polar surface area (TPSA) is 82.6 Å². The minimum atomic E-state index is -0.902. The molecule has 0 bridgehead atoms. The summed E-state index contributed by atoms with van der Waals surface area (Å²) in [5.74, 6) is -0.759. The van der Waals surface area contributed by atoms with Crippen LogP contribution in [-0.2, 0) is 16.0 Å². The van der Waals surface area contributed by atoms with Gasteiger partial charge in [-0.15, -0.1) is 0 Å². The Balaban J connectivity index is 2.08. The van der Waals surface area contributed by atoms with Crippen molar-refractivity contribution in [1.29, 1.82) is 0 Å². The van der Waals surface area contributed by atoms with Gasteiger partial charge in [-0.05, 0) is 50.0 Å². The number of likely N-dealkylation sites (N-methyl/N-ethyl adjacent to an activating group) is 1. The molecule has 0 amide bonds. The quantitative estimate of drug-likeness (QED) is 0.472. The first kappa shape index (κ1) is 20.0. The zero-order valence-electron chi connectivity index (χ0n) is 15.6. The predicted octanol–water partition coefficient (Wildman–Crippen LogP) is 3.60. The lowest BCUT2D eigenvalue weighted by atomic mass is 10.1. The maximum atomic E-state index is 12.0. The first-order chi connectivity index (χ1) is 12.5. The smallest absolute Gasteiger partial charge is 0.311 e. The van der Waals surface area contributed by atoms with Crippen molar-refractivity contribution in [2.45, 2.75) is 46.0 Å². The van der Waals surface area contributed by atoms with Crippen molar-refractivity contribution < 1.29 is 19.4 Å². The molecule has 2 rings (SSSR count). The fraction of sp³-hybridized carbons (Fsp3) is 0.500. The number of ether oxygens (including phenoxy) is 1. The maximum absolute atomic E-state index is 12.0. The van der Waals surface area contributed by atoms with Crippen LogP contribution < -0.4 is 4.74 Å². The van der Waals surface area contributed by atoms with E-state index in [0.29, 0.717) is 5.75 Å². The molecule has 1 aromatic carbocycles. The number of nitrogens with one attached hydrogen (secondary N) is 1. The third-order valence-corrected chi connectivity index (χ3v) is 4.43. The van der Waals surface area contributed by atoms with Crippen LogP contribution in [-0.4, -0.2) is 46.6 Å². The largest absolute Gasteiger partial charge is 0.481 e. The predicted molar refractivity (Wildman–Crippen MR) is 102 cm³/mol. The number of H-pyrrole nitrogens is 1. The third-order valence-electron chi connectivity index (χ3n) is 4.43. The number of rotatable bonds is 11. The number of aromatic amines is 1. The number of carbonyl (C=O) groups is 2. The lowest BCUT2D eigenvalue weighted by Crippen LogP contribution is -2.26. The number of carboxylic acids is 1. The molecule has 1 heterocycles. The molecule has 0 aliphatic rings. The molecule has 142 valence electrons. The lowest BCUT2D eigenvalue weighted by Gasteiger charge is -2.19. The molecule has 6 heteroatoms. The zero-order chi connectivity index (χ0) is 18.9. The Morgan fingerprint density at radius 2 is 2.00 bits per heavy atom. The number of fused-ring (bicyclic) bond motifs is 1. The number of hydrogen-bond donors (Lipinski definition) is 2. The van der Waals surface area contributed by atoms with Gasteiger partial charge in [0.05, 0.1) is 0 Å². The van der Waals surface area contributed by atoms with E-state index in [0.717, 1.165) is 48.9 Å². The molecular weight excluding hydrogens is 332 g/mol. The minimum absolute atomic E-state index is 0.0288. The van der Waals surface area contributed by atoms with Crippen molar-refractivity contribution in [1.82, 2.24) is 9.88 Å². The average Bonchev–Trinajstić information content (AvgIpc) is 3.02. The molecule has 0 unspecified atom stereocenters. The molecule has 0 saturated carbocycles. The summed E-state index contributed by atoms with van der Waals surface area (Å²) < 4.78 is 5.52. The molecule has 0 fully saturated rings. The Morgan fingerprint density at radius 3 is 2.69 bits per heavy atom. The van der Waals surface area contributed by atoms with Gasteiger partial charge in [0, 0.05) is 36.5 Å². The number of aromatic nitrogens is 1. The van der Waals surface area contributed by atoms with E-state index in [-0.39, 0.29) is 19.3 Å². The van der Waals surface area contributed by atoms with Crippen molar-refractivity contribution in [2.75, 3.05) is 19.6 Å². The van der Waals surface area contributed by atoms with Gasteiger partial charge in [-0.25, -0.2) is 0 Å². The number of nitrogens with zero attached hydrogens (tertiary/aromatic N) is 1. The standard InChI is InChI=1S/C20H28N2O4/c1-3-12-22(4-2)13-11-15-14-21-16-7-5-8-17(20(15)16)26-19(25)10-6-9-18(23)24/h5,7-8,14,21H,3-4,6,9-13H2,1-2H3,(H,23,24). The maximum Gasteiger partial charge on any atom is 0.311 e. The summed E-state index contributed by atoms with van der Waals surface area (Å²) in [6.45, 7) is 7.38. The van der Waals surface area contributed by atoms with E-state index in [1.807, 2.05) is 18.3 Å². The summed E-state index contributed by atoms with van der Waals surface area (Å²) in [5.41, 5.74) is 2.07. The highest BCUT2D eigenvalue weighted by molar-refractivity contribution is 5.91. The highest BCUT2D eigenvalue weighted by atomic mass is 16.5. The highest BCUT2D eigenvalue weighted by Gasteiger charge is 2.14. The number of aliphatic carboxylic acids is 1. The van der Waals surface area contributed by atoms with E-state index >= 15 is 0 Å². The van der Waals surface area contributed by atoms with Crippen LogP contribution in [0.25, 0.3) is 10.9 Å². The van der Waals surface area contributed by atoms with Gasteiger partial charge in [-0.3, -0.25) is 9.59 Å². The fourth-order valence-electron chi connectivity index (χ4n) is 3.08. The molecule has 0 spiro atoms. The van der Waals surface area contributed by atoms with Crippen molar-refractivity contribution in [3.63, 3.8) is 0 Å². The molecule has 0 radical (unpaired) electrons. The molecule has 6 nitrogen and oxygen atoms in total. The van der Waals surface area contributed by atoms with Crippen LogP contribution in [0, 0.1) is 0 Å². The Morgan fingerprint density at radius 1 is 1.19 bits per heavy atom. The van der Waals surface area contributed by atoms with Crippen molar-refractivity contribution in [3.05, 3.63) is 30.0 Å². The zero-order valence-corrected chi connectivity index (χ0v) is 15.6. The normalized spacial score (nSPS) is 11.2. The third kappa shape index (κ3) is 5.59. The van der Waals surface area contributed by atoms with Gasteiger partial charge in [-0.1, -0.05) is 19.9 Å². The van der Waals surface area contributed by atoms with Gasteiger partial charge in [0.1, 0.15) is 5.75 Å². The SMILES string of the molecule is CCCN(CC)CCc1c[nH]c2cccc(OC(=O)CCCC(=O)O)c12. The van der Waals surface area contributed by atoms with Crippen LogP contribution in [0.3, 0.4) is 0 Å². The van der Waals surface area contributed by atoms with Gasteiger partial charge in [0.15, 0.2) is 0 Å². The van der Waals surface area contributed by atoms with Gasteiger partial charge in [0.25, 0.3) is 0 Å². The molecule has 0 aliphatic heterocycles. The Kier molecular flexibility index (Phi) is 7.66. The summed E-state index contributed by atoms with van der Waals surface area (Å²) in [4.78, 5) is 28.2. The number of esters is 1. The second-order valence-corrected chi connectivity index (χ2v) is 6.40. The van der Waals surface area contributed by atoms with E-state index in [4.69, 9.17) is 9.84 Å². The molecule has 0 atom stereocenters. The number of carbonyl (C=O) groups excluding carboxylic acids is 1. The van der Waals surface area contributed by atoms with Gasteiger partial charge in [-0.2, -0.15) is 0 Å². The molecule has 1 aromatic heterocycles. The van der Waals surface area contributed by atoms with Gasteiger partial charge >= 0.3 is 11.9 Å². The van der Waals surface area contributed by atoms with Crippen LogP contribution in [0.4, 0.5) is 0 Å². The van der Waals surface area contributed by atoms with Crippen LogP contribution in [0.2, 0.25) is 0 Å². The fourth-order valence-corrected chi connectivity index (χ4v) is 3.08. The van der Waals surface area contributed by atoms with Crippen LogP contribution >= 0.6 is 0 Å². The first-order valence-electron chi connectivity index (χ1n) is 9.29. The summed E-state index contributed by atoms with van der Waals surface area (Å²) in [5, 5.41) is 9.60. The van der Waals surface area contributed by atoms with E-state index in [1.54, 1.807) is 6.07 Å². The van der Waals surface area contributed by atoms with Gasteiger partial charge in [0.2, 0.25) is 0 Å². The molecule has 2 N–H and O–H groups in total. The second kappa shape index (κ2) is 9.97. The van der Waals surface area contributed by atoms with E-state index < -0.39 is 11.9 Å². The summed E-state index contributed by atoms with van der Waals surface area (Å²) in [6.07, 6.45) is 4.34. The molecule has 2 aromatic rings. The average molecular weight is 360 g/mol. The van der Waals surface area contributed by atoms with Crippen LogP contribution in [0.15, 0.2) is 24.4 Å². The molecule has 0 aliphatic carbocycles. The molecule has 26 heavy (non-hydrogen) atoms. The Hall–Kier alpha value is -2.34. The van der Waals surface area contributed by atoms with Crippen molar-refractivity contribution >= 4 is 22.8 Å². The Bertz CT molecular complexity index is 738. The van der Waals surface area contributed by atoms with E-state index in [9.17, 15) is 9.59 Å². The molecule has 0 saturated heterocycles. The number of hydrogen-bond acceptors (Lipinski definition) is 4. The Labute approximate surface area is 154 Å². The number of benzene rings is 1.